The Kier molecular flexibility index (Phi) is 6.55. The molecule has 2 heterocycles. The van der Waals surface area contributed by atoms with Gasteiger partial charge in [0.25, 0.3) is 0 Å². The molecule has 33 heavy (non-hydrogen) atoms. The Morgan fingerprint density at radius 2 is 1.79 bits per heavy atom. The minimum Gasteiger partial charge on any atom is -0.493 e. The van der Waals surface area contributed by atoms with Crippen molar-refractivity contribution in [3.63, 3.8) is 0 Å². The van der Waals surface area contributed by atoms with Crippen LogP contribution in [0.25, 0.3) is 0 Å². The van der Waals surface area contributed by atoms with Gasteiger partial charge in [-0.25, -0.2) is 4.98 Å². The van der Waals surface area contributed by atoms with Crippen LogP contribution in [0.4, 0.5) is 17.5 Å². The lowest BCUT2D eigenvalue weighted by Gasteiger charge is -2.39. The standard InChI is InChI=1S/C23H33N5O5/c1-12-19-21(28(3)13(2)22(29)26-19)27-23(24-12)25-15-7-14(8-15)11-33-16-9-17(30-4)20(32-6)18(10-16)31-5/h9-10,13-15,22,26,29H,7-8,11H2,1-6H3,(H,24,25,27)/t13-,14-,15+,22?/m0/s1. The Balaban J connectivity index is 1.33. The highest BCUT2D eigenvalue weighted by Crippen LogP contribution is 2.41. The highest BCUT2D eigenvalue weighted by molar-refractivity contribution is 5.72. The first-order valence-electron chi connectivity index (χ1n) is 11.1. The number of ether oxygens (including phenoxy) is 4. The van der Waals surface area contributed by atoms with Crippen LogP contribution in [0.2, 0.25) is 0 Å². The number of anilines is 3. The number of aryl methyl sites for hydroxylation is 1. The van der Waals surface area contributed by atoms with E-state index in [2.05, 4.69) is 15.6 Å². The zero-order chi connectivity index (χ0) is 23.7. The van der Waals surface area contributed by atoms with Crippen LogP contribution in [0.15, 0.2) is 12.1 Å². The van der Waals surface area contributed by atoms with Gasteiger partial charge in [0.2, 0.25) is 11.7 Å². The van der Waals surface area contributed by atoms with Crippen molar-refractivity contribution in [2.75, 3.05) is 50.5 Å². The Hall–Kier alpha value is -3.14. The Bertz CT molecular complexity index is 972. The molecule has 1 aliphatic carbocycles. The molecule has 2 aliphatic rings. The largest absolute Gasteiger partial charge is 0.493 e. The van der Waals surface area contributed by atoms with Gasteiger partial charge in [-0.2, -0.15) is 4.98 Å². The van der Waals surface area contributed by atoms with Gasteiger partial charge in [-0.05, 0) is 32.6 Å². The van der Waals surface area contributed by atoms with E-state index in [1.807, 2.05) is 37.9 Å². The van der Waals surface area contributed by atoms with Gasteiger partial charge in [0.15, 0.2) is 17.3 Å². The third kappa shape index (κ3) is 4.52. The summed E-state index contributed by atoms with van der Waals surface area (Å²) in [7, 11) is 6.69. The lowest BCUT2D eigenvalue weighted by atomic mass is 9.81. The van der Waals surface area contributed by atoms with E-state index in [9.17, 15) is 5.11 Å². The predicted molar refractivity (Wildman–Crippen MR) is 126 cm³/mol. The molecule has 1 aromatic carbocycles. The maximum absolute atomic E-state index is 10.2. The third-order valence-electron chi connectivity index (χ3n) is 6.46. The van der Waals surface area contributed by atoms with Gasteiger partial charge in [0.05, 0.1) is 39.7 Å². The van der Waals surface area contributed by atoms with Crippen molar-refractivity contribution in [1.82, 2.24) is 9.97 Å². The van der Waals surface area contributed by atoms with Crippen molar-refractivity contribution in [3.8, 4) is 23.0 Å². The number of fused-ring (bicyclic) bond motifs is 1. The summed E-state index contributed by atoms with van der Waals surface area (Å²) in [6.45, 7) is 4.47. The number of aromatic nitrogens is 2. The second-order valence-electron chi connectivity index (χ2n) is 8.62. The summed E-state index contributed by atoms with van der Waals surface area (Å²) in [5.74, 6) is 4.20. The molecule has 2 aromatic rings. The van der Waals surface area contributed by atoms with Crippen LogP contribution < -0.4 is 34.5 Å². The van der Waals surface area contributed by atoms with E-state index in [1.54, 1.807) is 21.3 Å². The molecule has 3 N–H and O–H groups in total. The quantitative estimate of drug-likeness (QED) is 0.545. The monoisotopic (exact) mass is 459 g/mol. The number of nitrogens with zero attached hydrogens (tertiary/aromatic N) is 3. The number of methoxy groups -OCH3 is 3. The highest BCUT2D eigenvalue weighted by Gasteiger charge is 2.33. The van der Waals surface area contributed by atoms with Crippen LogP contribution in [0.3, 0.4) is 0 Å². The topological polar surface area (TPSA) is 110 Å². The highest BCUT2D eigenvalue weighted by atomic mass is 16.5. The van der Waals surface area contributed by atoms with Crippen LogP contribution in [0.5, 0.6) is 23.0 Å². The van der Waals surface area contributed by atoms with Crippen molar-refractivity contribution < 1.29 is 24.1 Å². The molecule has 10 heteroatoms. The minimum atomic E-state index is -0.651. The summed E-state index contributed by atoms with van der Waals surface area (Å²) >= 11 is 0. The van der Waals surface area contributed by atoms with E-state index >= 15 is 0 Å². The number of rotatable bonds is 8. The van der Waals surface area contributed by atoms with Gasteiger partial charge in [0.1, 0.15) is 17.7 Å². The summed E-state index contributed by atoms with van der Waals surface area (Å²) in [6, 6.07) is 3.82. The van der Waals surface area contributed by atoms with Crippen LogP contribution in [0, 0.1) is 12.8 Å². The molecule has 0 amide bonds. The Morgan fingerprint density at radius 1 is 1.12 bits per heavy atom. The normalized spacial score (nSPS) is 23.7. The summed E-state index contributed by atoms with van der Waals surface area (Å²) < 4.78 is 22.1. The minimum absolute atomic E-state index is 0.0833. The molecule has 1 aliphatic heterocycles. The molecule has 4 rings (SSSR count). The van der Waals surface area contributed by atoms with E-state index in [1.165, 1.54) is 0 Å². The zero-order valence-electron chi connectivity index (χ0n) is 20.0. The van der Waals surface area contributed by atoms with Crippen molar-refractivity contribution in [2.45, 2.75) is 45.0 Å². The first kappa shape index (κ1) is 23.0. The molecule has 1 unspecified atom stereocenters. The van der Waals surface area contributed by atoms with Crippen LogP contribution >= 0.6 is 0 Å². The average Bonchev–Trinajstić information content (AvgIpc) is 2.78. The van der Waals surface area contributed by atoms with Crippen LogP contribution in [-0.4, -0.2) is 68.4 Å². The van der Waals surface area contributed by atoms with Gasteiger partial charge in [-0.3, -0.25) is 0 Å². The lowest BCUT2D eigenvalue weighted by Crippen LogP contribution is -2.48. The molecular formula is C23H33N5O5. The van der Waals surface area contributed by atoms with Gasteiger partial charge < -0.3 is 39.6 Å². The molecule has 180 valence electrons. The maximum Gasteiger partial charge on any atom is 0.225 e. The second-order valence-corrected chi connectivity index (χ2v) is 8.62. The van der Waals surface area contributed by atoms with E-state index in [0.29, 0.717) is 47.5 Å². The molecule has 1 saturated carbocycles. The third-order valence-corrected chi connectivity index (χ3v) is 6.46. The van der Waals surface area contributed by atoms with Gasteiger partial charge >= 0.3 is 0 Å². The van der Waals surface area contributed by atoms with Crippen molar-refractivity contribution >= 4 is 17.5 Å². The van der Waals surface area contributed by atoms with E-state index < -0.39 is 6.23 Å². The molecule has 0 spiro atoms. The number of hydrogen-bond acceptors (Lipinski definition) is 10. The lowest BCUT2D eigenvalue weighted by molar-refractivity contribution is 0.166. The molecule has 10 nitrogen and oxygen atoms in total. The Morgan fingerprint density at radius 3 is 2.39 bits per heavy atom. The number of likely N-dealkylation sites (N-methyl/N-ethyl adjacent to an activating group) is 1. The van der Waals surface area contributed by atoms with Crippen molar-refractivity contribution in [3.05, 3.63) is 17.8 Å². The van der Waals surface area contributed by atoms with E-state index in [-0.39, 0.29) is 6.04 Å². The number of aliphatic hydroxyl groups is 1. The van der Waals surface area contributed by atoms with Crippen molar-refractivity contribution in [1.29, 1.82) is 0 Å². The maximum atomic E-state index is 10.2. The summed E-state index contributed by atoms with van der Waals surface area (Å²) in [5, 5.41) is 16.7. The van der Waals surface area contributed by atoms with Gasteiger partial charge in [0, 0.05) is 25.2 Å². The van der Waals surface area contributed by atoms with E-state index in [0.717, 1.165) is 30.0 Å². The summed E-state index contributed by atoms with van der Waals surface area (Å²) in [6.07, 6.45) is 1.28. The fourth-order valence-electron chi connectivity index (χ4n) is 4.25. The summed E-state index contributed by atoms with van der Waals surface area (Å²) in [5.41, 5.74) is 1.58. The van der Waals surface area contributed by atoms with E-state index in [4.69, 9.17) is 23.9 Å². The number of nitrogens with one attached hydrogen (secondary N) is 2. The van der Waals surface area contributed by atoms with Crippen molar-refractivity contribution in [2.24, 2.45) is 5.92 Å². The van der Waals surface area contributed by atoms with Gasteiger partial charge in [-0.1, -0.05) is 0 Å². The van der Waals surface area contributed by atoms with Gasteiger partial charge in [-0.15, -0.1) is 0 Å². The number of hydrogen-bond donors (Lipinski definition) is 3. The molecule has 0 radical (unpaired) electrons. The molecule has 2 atom stereocenters. The predicted octanol–water partition coefficient (Wildman–Crippen LogP) is 2.65. The smallest absolute Gasteiger partial charge is 0.225 e. The van der Waals surface area contributed by atoms with Crippen LogP contribution in [-0.2, 0) is 0 Å². The fraction of sp³-hybridized carbons (Fsp3) is 0.565. The molecule has 0 saturated heterocycles. The molecule has 1 fully saturated rings. The second kappa shape index (κ2) is 9.38. The first-order chi connectivity index (χ1) is 15.8. The fourth-order valence-corrected chi connectivity index (χ4v) is 4.25. The summed E-state index contributed by atoms with van der Waals surface area (Å²) in [4.78, 5) is 11.3. The first-order valence-corrected chi connectivity index (χ1v) is 11.1. The molecule has 1 aromatic heterocycles. The van der Waals surface area contributed by atoms with Crippen LogP contribution in [0.1, 0.15) is 25.5 Å². The Labute approximate surface area is 194 Å². The molecule has 0 bridgehead atoms. The average molecular weight is 460 g/mol. The zero-order valence-corrected chi connectivity index (χ0v) is 20.0. The SMILES string of the molecule is COc1cc(OC[C@H]2C[C@@H](Nc3nc(C)c4c(n3)N(C)[C@@H](C)C(O)N4)C2)cc(OC)c1OC. The number of aliphatic hydroxyl groups excluding tert-OH is 1. The number of benzene rings is 1. The molecular weight excluding hydrogens is 426 g/mol.